The lowest BCUT2D eigenvalue weighted by atomic mass is 9.81. The summed E-state index contributed by atoms with van der Waals surface area (Å²) in [6.07, 6.45) is 6.12. The predicted octanol–water partition coefficient (Wildman–Crippen LogP) is 0.780. The molecule has 0 aromatic heterocycles. The first-order valence-electron chi connectivity index (χ1n) is 7.42. The van der Waals surface area contributed by atoms with Crippen LogP contribution in [-0.2, 0) is 14.4 Å². The number of hydrogen-bond donors (Lipinski definition) is 2. The quantitative estimate of drug-likeness (QED) is 0.753. The number of amides is 2. The standard InChI is InChI=1S/C15H22N2O4/c1-10(18)16-11-6-8-17(9-7-11)14(19)12-4-2-3-5-13(12)15(20)21/h2-3,11-13H,4-9H2,1H3,(H,16,18)(H,20,21). The minimum absolute atomic E-state index is 0.0527. The Morgan fingerprint density at radius 3 is 2.19 bits per heavy atom. The molecule has 0 bridgehead atoms. The summed E-state index contributed by atoms with van der Waals surface area (Å²) < 4.78 is 0. The van der Waals surface area contributed by atoms with Crippen LogP contribution in [0.3, 0.4) is 0 Å². The van der Waals surface area contributed by atoms with Crippen molar-refractivity contribution in [2.24, 2.45) is 11.8 Å². The Balaban J connectivity index is 1.93. The van der Waals surface area contributed by atoms with Crippen LogP contribution in [0.2, 0.25) is 0 Å². The van der Waals surface area contributed by atoms with Crippen molar-refractivity contribution >= 4 is 17.8 Å². The lowest BCUT2D eigenvalue weighted by molar-refractivity contribution is -0.151. The van der Waals surface area contributed by atoms with Crippen LogP contribution in [0.5, 0.6) is 0 Å². The summed E-state index contributed by atoms with van der Waals surface area (Å²) in [6.45, 7) is 2.65. The number of allylic oxidation sites excluding steroid dienone is 2. The number of likely N-dealkylation sites (tertiary alicyclic amines) is 1. The molecule has 0 aromatic rings. The lowest BCUT2D eigenvalue weighted by Crippen LogP contribution is -2.49. The van der Waals surface area contributed by atoms with Gasteiger partial charge >= 0.3 is 5.97 Å². The smallest absolute Gasteiger partial charge is 0.307 e. The van der Waals surface area contributed by atoms with Gasteiger partial charge in [0.05, 0.1) is 11.8 Å². The van der Waals surface area contributed by atoms with Gasteiger partial charge in [-0.2, -0.15) is 0 Å². The summed E-state index contributed by atoms with van der Waals surface area (Å²) in [6, 6.07) is 0.119. The van der Waals surface area contributed by atoms with Crippen molar-refractivity contribution in [1.29, 1.82) is 0 Å². The van der Waals surface area contributed by atoms with E-state index in [-0.39, 0.29) is 17.9 Å². The molecule has 21 heavy (non-hydrogen) atoms. The van der Waals surface area contributed by atoms with Crippen LogP contribution in [0.1, 0.15) is 32.6 Å². The molecule has 2 unspecified atom stereocenters. The molecule has 6 heteroatoms. The highest BCUT2D eigenvalue weighted by Gasteiger charge is 2.37. The number of piperidine rings is 1. The lowest BCUT2D eigenvalue weighted by Gasteiger charge is -2.36. The molecule has 2 atom stereocenters. The number of carbonyl (C=O) groups is 3. The summed E-state index contributed by atoms with van der Waals surface area (Å²) in [5, 5.41) is 12.1. The van der Waals surface area contributed by atoms with Crippen LogP contribution in [0.4, 0.5) is 0 Å². The highest BCUT2D eigenvalue weighted by atomic mass is 16.4. The molecule has 1 aliphatic heterocycles. The molecular formula is C15H22N2O4. The minimum atomic E-state index is -0.897. The average Bonchev–Trinajstić information content (AvgIpc) is 2.46. The second-order valence-electron chi connectivity index (χ2n) is 5.79. The summed E-state index contributed by atoms with van der Waals surface area (Å²) in [5.41, 5.74) is 0. The van der Waals surface area contributed by atoms with Gasteiger partial charge in [-0.15, -0.1) is 0 Å². The van der Waals surface area contributed by atoms with Crippen LogP contribution < -0.4 is 5.32 Å². The zero-order valence-corrected chi connectivity index (χ0v) is 12.2. The van der Waals surface area contributed by atoms with Gasteiger partial charge in [0.2, 0.25) is 11.8 Å². The largest absolute Gasteiger partial charge is 0.481 e. The number of nitrogens with zero attached hydrogens (tertiary/aromatic N) is 1. The molecule has 6 nitrogen and oxygen atoms in total. The van der Waals surface area contributed by atoms with Crippen molar-refractivity contribution < 1.29 is 19.5 Å². The molecule has 1 saturated heterocycles. The fourth-order valence-corrected chi connectivity index (χ4v) is 3.13. The van der Waals surface area contributed by atoms with Crippen LogP contribution in [-0.4, -0.2) is 46.9 Å². The van der Waals surface area contributed by atoms with Gasteiger partial charge in [-0.25, -0.2) is 0 Å². The summed E-state index contributed by atoms with van der Waals surface area (Å²) in [4.78, 5) is 36.6. The molecule has 2 N–H and O–H groups in total. The number of carboxylic acid groups (broad SMARTS) is 1. The summed E-state index contributed by atoms with van der Waals surface area (Å²) in [7, 11) is 0. The first-order valence-corrected chi connectivity index (χ1v) is 7.42. The number of carboxylic acids is 1. The zero-order chi connectivity index (χ0) is 15.4. The van der Waals surface area contributed by atoms with Gasteiger partial charge in [0.25, 0.3) is 0 Å². The molecule has 1 aliphatic carbocycles. The number of hydrogen-bond acceptors (Lipinski definition) is 3. The van der Waals surface area contributed by atoms with E-state index in [0.29, 0.717) is 25.9 Å². The summed E-state index contributed by atoms with van der Waals surface area (Å²) in [5.74, 6) is -2.08. The SMILES string of the molecule is CC(=O)NC1CCN(C(=O)C2CC=CCC2C(=O)O)CC1. The van der Waals surface area contributed by atoms with Gasteiger partial charge in [0, 0.05) is 26.1 Å². The normalized spacial score (nSPS) is 26.4. The highest BCUT2D eigenvalue weighted by molar-refractivity contribution is 5.85. The van der Waals surface area contributed by atoms with E-state index in [1.165, 1.54) is 6.92 Å². The van der Waals surface area contributed by atoms with Gasteiger partial charge in [-0.05, 0) is 25.7 Å². The fraction of sp³-hybridized carbons (Fsp3) is 0.667. The molecule has 0 radical (unpaired) electrons. The predicted molar refractivity (Wildman–Crippen MR) is 76.4 cm³/mol. The second kappa shape index (κ2) is 6.74. The molecule has 0 aromatic carbocycles. The monoisotopic (exact) mass is 294 g/mol. The Hall–Kier alpha value is -1.85. The van der Waals surface area contributed by atoms with Gasteiger partial charge in [-0.1, -0.05) is 12.2 Å². The Bertz CT molecular complexity index is 453. The maximum atomic E-state index is 12.5. The molecule has 2 rings (SSSR count). The Kier molecular flexibility index (Phi) is 4.98. The van der Waals surface area contributed by atoms with E-state index in [9.17, 15) is 19.5 Å². The highest BCUT2D eigenvalue weighted by Crippen LogP contribution is 2.28. The zero-order valence-electron chi connectivity index (χ0n) is 12.2. The van der Waals surface area contributed by atoms with Crippen LogP contribution >= 0.6 is 0 Å². The van der Waals surface area contributed by atoms with E-state index >= 15 is 0 Å². The second-order valence-corrected chi connectivity index (χ2v) is 5.79. The third-order valence-corrected chi connectivity index (χ3v) is 4.28. The topological polar surface area (TPSA) is 86.7 Å². The number of nitrogens with one attached hydrogen (secondary N) is 1. The van der Waals surface area contributed by atoms with Crippen LogP contribution in [0.25, 0.3) is 0 Å². The molecule has 0 saturated carbocycles. The van der Waals surface area contributed by atoms with E-state index in [1.807, 2.05) is 12.2 Å². The summed E-state index contributed by atoms with van der Waals surface area (Å²) >= 11 is 0. The number of rotatable bonds is 3. The van der Waals surface area contributed by atoms with E-state index < -0.39 is 17.8 Å². The molecule has 1 heterocycles. The van der Waals surface area contributed by atoms with Crippen molar-refractivity contribution in [2.75, 3.05) is 13.1 Å². The van der Waals surface area contributed by atoms with Crippen molar-refractivity contribution in [2.45, 2.75) is 38.6 Å². The van der Waals surface area contributed by atoms with Crippen LogP contribution in [0, 0.1) is 11.8 Å². The third kappa shape index (κ3) is 3.83. The number of carbonyl (C=O) groups excluding carboxylic acids is 2. The van der Waals surface area contributed by atoms with Gasteiger partial charge in [0.15, 0.2) is 0 Å². The Morgan fingerprint density at radius 2 is 1.67 bits per heavy atom. The van der Waals surface area contributed by atoms with E-state index in [1.54, 1.807) is 4.90 Å². The van der Waals surface area contributed by atoms with Gasteiger partial charge < -0.3 is 15.3 Å². The average molecular weight is 294 g/mol. The molecule has 1 fully saturated rings. The Labute approximate surface area is 124 Å². The van der Waals surface area contributed by atoms with E-state index in [4.69, 9.17) is 0 Å². The van der Waals surface area contributed by atoms with Crippen molar-refractivity contribution in [3.05, 3.63) is 12.2 Å². The van der Waals surface area contributed by atoms with Gasteiger partial charge in [0.1, 0.15) is 0 Å². The Morgan fingerprint density at radius 1 is 1.10 bits per heavy atom. The van der Waals surface area contributed by atoms with Crippen molar-refractivity contribution in [1.82, 2.24) is 10.2 Å². The molecule has 2 amide bonds. The van der Waals surface area contributed by atoms with E-state index in [2.05, 4.69) is 5.32 Å². The first kappa shape index (κ1) is 15.5. The van der Waals surface area contributed by atoms with Crippen molar-refractivity contribution in [3.8, 4) is 0 Å². The minimum Gasteiger partial charge on any atom is -0.481 e. The maximum Gasteiger partial charge on any atom is 0.307 e. The van der Waals surface area contributed by atoms with E-state index in [0.717, 1.165) is 12.8 Å². The number of aliphatic carboxylic acids is 1. The molecule has 116 valence electrons. The van der Waals surface area contributed by atoms with Gasteiger partial charge in [-0.3, -0.25) is 14.4 Å². The first-order chi connectivity index (χ1) is 9.99. The van der Waals surface area contributed by atoms with Crippen molar-refractivity contribution in [3.63, 3.8) is 0 Å². The maximum absolute atomic E-state index is 12.5. The fourth-order valence-electron chi connectivity index (χ4n) is 3.13. The molecule has 2 aliphatic rings. The third-order valence-electron chi connectivity index (χ3n) is 4.28. The molecule has 0 spiro atoms. The molecular weight excluding hydrogens is 272 g/mol. The van der Waals surface area contributed by atoms with Crippen LogP contribution in [0.15, 0.2) is 12.2 Å².